The van der Waals surface area contributed by atoms with E-state index in [2.05, 4.69) is 10.4 Å². The molecule has 8 nitrogen and oxygen atoms in total. The van der Waals surface area contributed by atoms with Crippen LogP contribution in [0.1, 0.15) is 23.0 Å². The summed E-state index contributed by atoms with van der Waals surface area (Å²) in [4.78, 5) is 34.7. The number of benzene rings is 1. The number of aliphatic carboxylic acids is 1. The molecule has 0 aliphatic carbocycles. The van der Waals surface area contributed by atoms with Crippen molar-refractivity contribution >= 4 is 11.9 Å². The first-order valence-corrected chi connectivity index (χ1v) is 6.84. The molecule has 23 heavy (non-hydrogen) atoms. The third-order valence-electron chi connectivity index (χ3n) is 3.31. The van der Waals surface area contributed by atoms with Gasteiger partial charge in [-0.05, 0) is 26.0 Å². The molecule has 8 heteroatoms. The number of nitrogens with zero attached hydrogens (tertiary/aromatic N) is 1. The zero-order valence-corrected chi connectivity index (χ0v) is 12.7. The van der Waals surface area contributed by atoms with Crippen LogP contribution < -0.4 is 10.9 Å². The molecule has 0 aliphatic heterocycles. The van der Waals surface area contributed by atoms with Crippen molar-refractivity contribution < 1.29 is 19.8 Å². The Morgan fingerprint density at radius 2 is 1.91 bits per heavy atom. The molecule has 0 saturated carbocycles. The summed E-state index contributed by atoms with van der Waals surface area (Å²) < 4.78 is 1.20. The van der Waals surface area contributed by atoms with Gasteiger partial charge in [-0.25, -0.2) is 9.48 Å². The van der Waals surface area contributed by atoms with Crippen LogP contribution in [0.3, 0.4) is 0 Å². The number of hydrogen-bond acceptors (Lipinski definition) is 4. The number of aromatic nitrogens is 2. The van der Waals surface area contributed by atoms with Gasteiger partial charge in [-0.3, -0.25) is 14.7 Å². The monoisotopic (exact) mass is 319 g/mol. The number of carbonyl (C=O) groups is 2. The van der Waals surface area contributed by atoms with Gasteiger partial charge in [-0.15, -0.1) is 0 Å². The number of carbonyl (C=O) groups excluding carboxylic acids is 1. The number of aryl methyl sites for hydroxylation is 1. The highest BCUT2D eigenvalue weighted by atomic mass is 16.4. The number of aromatic amines is 1. The summed E-state index contributed by atoms with van der Waals surface area (Å²) in [6, 6.07) is 8.21. The van der Waals surface area contributed by atoms with Gasteiger partial charge in [-0.1, -0.05) is 17.7 Å². The normalized spacial score (nSPS) is 13.3. The minimum Gasteiger partial charge on any atom is -0.479 e. The van der Waals surface area contributed by atoms with E-state index in [1.54, 1.807) is 12.1 Å². The van der Waals surface area contributed by atoms with Gasteiger partial charge in [0.2, 0.25) is 0 Å². The molecule has 2 aromatic rings. The van der Waals surface area contributed by atoms with Crippen LogP contribution in [0.15, 0.2) is 35.1 Å². The van der Waals surface area contributed by atoms with Crippen molar-refractivity contribution in [3.8, 4) is 5.69 Å². The highest BCUT2D eigenvalue weighted by Crippen LogP contribution is 2.07. The van der Waals surface area contributed by atoms with Crippen LogP contribution in [0, 0.1) is 6.92 Å². The standard InChI is InChI=1S/C15H17N3O5/c1-9-3-5-10(6-4-9)18-12(19)7-11(17-18)13(20)16-8-15(2,23)14(21)22/h3-7,17,23H,8H2,1-2H3,(H,16,20)(H,21,22). The van der Waals surface area contributed by atoms with E-state index in [-0.39, 0.29) is 5.69 Å². The lowest BCUT2D eigenvalue weighted by molar-refractivity contribution is -0.155. The topological polar surface area (TPSA) is 124 Å². The first-order chi connectivity index (χ1) is 10.7. The molecule has 1 atom stereocenters. The highest BCUT2D eigenvalue weighted by Gasteiger charge is 2.30. The van der Waals surface area contributed by atoms with Crippen molar-refractivity contribution in [2.45, 2.75) is 19.4 Å². The van der Waals surface area contributed by atoms with Crippen molar-refractivity contribution in [2.24, 2.45) is 0 Å². The number of aliphatic hydroxyl groups is 1. The van der Waals surface area contributed by atoms with E-state index in [1.807, 2.05) is 19.1 Å². The predicted octanol–water partition coefficient (Wildman–Crippen LogP) is 0.0394. The maximum Gasteiger partial charge on any atom is 0.337 e. The highest BCUT2D eigenvalue weighted by molar-refractivity contribution is 5.92. The molecule has 0 saturated heterocycles. The SMILES string of the molecule is Cc1ccc(-n2[nH]c(C(=O)NCC(C)(O)C(=O)O)cc2=O)cc1. The number of nitrogens with one attached hydrogen (secondary N) is 2. The van der Waals surface area contributed by atoms with Crippen LogP contribution in [0.5, 0.6) is 0 Å². The lowest BCUT2D eigenvalue weighted by Crippen LogP contribution is -2.46. The van der Waals surface area contributed by atoms with Gasteiger partial charge in [-0.2, -0.15) is 0 Å². The third-order valence-corrected chi connectivity index (χ3v) is 3.31. The Morgan fingerprint density at radius 1 is 1.30 bits per heavy atom. The fourth-order valence-corrected chi connectivity index (χ4v) is 1.82. The quantitative estimate of drug-likeness (QED) is 0.619. The Kier molecular flexibility index (Phi) is 4.37. The van der Waals surface area contributed by atoms with Gasteiger partial charge in [0.25, 0.3) is 11.5 Å². The summed E-state index contributed by atoms with van der Waals surface area (Å²) in [5.41, 5.74) is -0.949. The molecule has 1 aromatic heterocycles. The lowest BCUT2D eigenvalue weighted by atomic mass is 10.1. The van der Waals surface area contributed by atoms with Crippen molar-refractivity contribution in [3.05, 3.63) is 51.9 Å². The van der Waals surface area contributed by atoms with E-state index in [0.717, 1.165) is 18.6 Å². The Balaban J connectivity index is 2.17. The summed E-state index contributed by atoms with van der Waals surface area (Å²) in [7, 11) is 0. The molecule has 1 amide bonds. The average Bonchev–Trinajstić information content (AvgIpc) is 2.87. The van der Waals surface area contributed by atoms with Crippen molar-refractivity contribution in [3.63, 3.8) is 0 Å². The van der Waals surface area contributed by atoms with Gasteiger partial charge in [0, 0.05) is 6.07 Å². The molecule has 0 radical (unpaired) electrons. The second-order valence-corrected chi connectivity index (χ2v) is 5.44. The van der Waals surface area contributed by atoms with E-state index in [0.29, 0.717) is 5.69 Å². The maximum atomic E-state index is 12.0. The Morgan fingerprint density at radius 3 is 2.48 bits per heavy atom. The predicted molar refractivity (Wildman–Crippen MR) is 81.7 cm³/mol. The minimum atomic E-state index is -2.09. The number of amides is 1. The van der Waals surface area contributed by atoms with E-state index < -0.39 is 29.6 Å². The fourth-order valence-electron chi connectivity index (χ4n) is 1.82. The van der Waals surface area contributed by atoms with Crippen molar-refractivity contribution in [1.29, 1.82) is 0 Å². The largest absolute Gasteiger partial charge is 0.479 e. The summed E-state index contributed by atoms with van der Waals surface area (Å²) >= 11 is 0. The molecular weight excluding hydrogens is 302 g/mol. The number of carboxylic acids is 1. The smallest absolute Gasteiger partial charge is 0.337 e. The van der Waals surface area contributed by atoms with E-state index >= 15 is 0 Å². The fraction of sp³-hybridized carbons (Fsp3) is 0.267. The van der Waals surface area contributed by atoms with Gasteiger partial charge in [0.15, 0.2) is 5.60 Å². The molecule has 1 unspecified atom stereocenters. The number of rotatable bonds is 5. The van der Waals surface area contributed by atoms with Crippen LogP contribution in [-0.2, 0) is 4.79 Å². The molecule has 0 aliphatic rings. The molecule has 122 valence electrons. The first-order valence-electron chi connectivity index (χ1n) is 6.84. The molecule has 0 fully saturated rings. The molecule has 1 aromatic carbocycles. The molecule has 4 N–H and O–H groups in total. The third kappa shape index (κ3) is 3.67. The van der Waals surface area contributed by atoms with Crippen molar-refractivity contribution in [1.82, 2.24) is 15.1 Å². The second-order valence-electron chi connectivity index (χ2n) is 5.44. The molecule has 2 rings (SSSR count). The van der Waals surface area contributed by atoms with E-state index in [9.17, 15) is 19.5 Å². The Hall–Kier alpha value is -2.87. The van der Waals surface area contributed by atoms with E-state index in [1.165, 1.54) is 4.68 Å². The van der Waals surface area contributed by atoms with Crippen LogP contribution in [0.25, 0.3) is 5.69 Å². The van der Waals surface area contributed by atoms with Gasteiger partial charge in [0.05, 0.1) is 12.2 Å². The lowest BCUT2D eigenvalue weighted by Gasteiger charge is -2.17. The molecule has 1 heterocycles. The zero-order chi connectivity index (χ0) is 17.2. The number of H-pyrrole nitrogens is 1. The zero-order valence-electron chi connectivity index (χ0n) is 12.7. The second kappa shape index (κ2) is 6.09. The van der Waals surface area contributed by atoms with E-state index in [4.69, 9.17) is 5.11 Å². The summed E-state index contributed by atoms with van der Waals surface area (Å²) in [6.07, 6.45) is 0. The first kappa shape index (κ1) is 16.5. The van der Waals surface area contributed by atoms with Gasteiger partial charge in [0.1, 0.15) is 5.69 Å². The Labute approximate surface area is 131 Å². The van der Waals surface area contributed by atoms with Crippen LogP contribution in [-0.4, -0.2) is 44.0 Å². The number of hydrogen-bond donors (Lipinski definition) is 4. The molecule has 0 bridgehead atoms. The molecular formula is C15H17N3O5. The Bertz CT molecular complexity index is 786. The minimum absolute atomic E-state index is 0.0308. The van der Waals surface area contributed by atoms with Crippen LogP contribution in [0.2, 0.25) is 0 Å². The summed E-state index contributed by atoms with van der Waals surface area (Å²) in [5.74, 6) is -2.14. The van der Waals surface area contributed by atoms with Crippen LogP contribution >= 0.6 is 0 Å². The maximum absolute atomic E-state index is 12.0. The van der Waals surface area contributed by atoms with Gasteiger partial charge < -0.3 is 15.5 Å². The van der Waals surface area contributed by atoms with Gasteiger partial charge >= 0.3 is 5.97 Å². The summed E-state index contributed by atoms with van der Waals surface area (Å²) in [5, 5.41) is 23.3. The number of carboxylic acid groups (broad SMARTS) is 1. The summed E-state index contributed by atoms with van der Waals surface area (Å²) in [6.45, 7) is 2.49. The van der Waals surface area contributed by atoms with Crippen molar-refractivity contribution in [2.75, 3.05) is 6.54 Å². The van der Waals surface area contributed by atoms with Crippen LogP contribution in [0.4, 0.5) is 0 Å². The molecule has 0 spiro atoms. The average molecular weight is 319 g/mol.